The Bertz CT molecular complexity index is 691. The fourth-order valence-corrected chi connectivity index (χ4v) is 2.14. The van der Waals surface area contributed by atoms with E-state index in [0.29, 0.717) is 0 Å². The number of aryl methyl sites for hydroxylation is 1. The minimum absolute atomic E-state index is 0.857. The summed E-state index contributed by atoms with van der Waals surface area (Å²) >= 11 is 0. The van der Waals surface area contributed by atoms with Crippen LogP contribution in [0.1, 0.15) is 5.56 Å². The number of benzene rings is 2. The summed E-state index contributed by atoms with van der Waals surface area (Å²) in [5.41, 5.74) is 4.53. The lowest BCUT2D eigenvalue weighted by Gasteiger charge is -2.00. The lowest BCUT2D eigenvalue weighted by Crippen LogP contribution is -1.81. The molecule has 0 saturated carbocycles. The molecular formula is C18H16O2. The Hall–Kier alpha value is -2.48. The van der Waals surface area contributed by atoms with Gasteiger partial charge in [-0.2, -0.15) is 0 Å². The lowest BCUT2D eigenvalue weighted by molar-refractivity contribution is 0.415. The van der Waals surface area contributed by atoms with Crippen LogP contribution in [0, 0.1) is 6.92 Å². The molecule has 20 heavy (non-hydrogen) atoms. The molecular weight excluding hydrogens is 248 g/mol. The summed E-state index contributed by atoms with van der Waals surface area (Å²) in [4.78, 5) is 0. The summed E-state index contributed by atoms with van der Waals surface area (Å²) in [6.45, 7) is 2.08. The maximum absolute atomic E-state index is 5.67. The first kappa shape index (κ1) is 12.5. The third-order valence-corrected chi connectivity index (χ3v) is 3.36. The Kier molecular flexibility index (Phi) is 3.30. The SMILES string of the molecule is COc1ccc(-c2coc(-c3ccc(C)cc3)c2)cc1. The third-order valence-electron chi connectivity index (χ3n) is 3.36. The Labute approximate surface area is 118 Å². The first-order chi connectivity index (χ1) is 9.76. The molecule has 3 rings (SSSR count). The second-order valence-electron chi connectivity index (χ2n) is 4.79. The van der Waals surface area contributed by atoms with Crippen molar-refractivity contribution in [3.8, 4) is 28.2 Å². The van der Waals surface area contributed by atoms with Gasteiger partial charge in [-0.3, -0.25) is 0 Å². The summed E-state index contributed by atoms with van der Waals surface area (Å²) in [5.74, 6) is 1.74. The predicted octanol–water partition coefficient (Wildman–Crippen LogP) is 4.93. The van der Waals surface area contributed by atoms with Gasteiger partial charge in [-0.05, 0) is 30.7 Å². The van der Waals surface area contributed by atoms with Gasteiger partial charge in [0.15, 0.2) is 0 Å². The Morgan fingerprint density at radius 3 is 2.10 bits per heavy atom. The molecule has 3 aromatic rings. The average molecular weight is 264 g/mol. The van der Waals surface area contributed by atoms with Gasteiger partial charge in [0.1, 0.15) is 11.5 Å². The van der Waals surface area contributed by atoms with Crippen LogP contribution in [0.3, 0.4) is 0 Å². The average Bonchev–Trinajstić information content (AvgIpc) is 2.98. The van der Waals surface area contributed by atoms with E-state index in [1.165, 1.54) is 5.56 Å². The second kappa shape index (κ2) is 5.25. The second-order valence-corrected chi connectivity index (χ2v) is 4.79. The highest BCUT2D eigenvalue weighted by Crippen LogP contribution is 2.29. The molecule has 0 aliphatic heterocycles. The van der Waals surface area contributed by atoms with Gasteiger partial charge < -0.3 is 9.15 Å². The minimum Gasteiger partial charge on any atom is -0.497 e. The van der Waals surface area contributed by atoms with E-state index in [9.17, 15) is 0 Å². The van der Waals surface area contributed by atoms with E-state index >= 15 is 0 Å². The first-order valence-electron chi connectivity index (χ1n) is 6.56. The van der Waals surface area contributed by atoms with E-state index < -0.39 is 0 Å². The van der Waals surface area contributed by atoms with E-state index in [1.807, 2.05) is 24.3 Å². The van der Waals surface area contributed by atoms with Gasteiger partial charge in [-0.1, -0.05) is 42.0 Å². The highest BCUT2D eigenvalue weighted by Gasteiger charge is 2.06. The van der Waals surface area contributed by atoms with Crippen LogP contribution in [0.2, 0.25) is 0 Å². The summed E-state index contributed by atoms with van der Waals surface area (Å²) in [6.07, 6.45) is 1.79. The number of ether oxygens (including phenoxy) is 1. The third kappa shape index (κ3) is 2.45. The van der Waals surface area contributed by atoms with E-state index in [-0.39, 0.29) is 0 Å². The van der Waals surface area contributed by atoms with Crippen molar-refractivity contribution in [1.29, 1.82) is 0 Å². The van der Waals surface area contributed by atoms with Crippen molar-refractivity contribution in [1.82, 2.24) is 0 Å². The topological polar surface area (TPSA) is 22.4 Å². The fourth-order valence-electron chi connectivity index (χ4n) is 2.14. The van der Waals surface area contributed by atoms with Crippen molar-refractivity contribution in [2.24, 2.45) is 0 Å². The van der Waals surface area contributed by atoms with Crippen LogP contribution >= 0.6 is 0 Å². The van der Waals surface area contributed by atoms with Gasteiger partial charge in [0, 0.05) is 11.1 Å². The Balaban J connectivity index is 1.91. The molecule has 0 saturated heterocycles. The summed E-state index contributed by atoms with van der Waals surface area (Å²) in [6, 6.07) is 18.4. The summed E-state index contributed by atoms with van der Waals surface area (Å²) in [5, 5.41) is 0. The van der Waals surface area contributed by atoms with Gasteiger partial charge in [-0.15, -0.1) is 0 Å². The van der Waals surface area contributed by atoms with E-state index in [1.54, 1.807) is 13.4 Å². The molecule has 100 valence electrons. The molecule has 2 nitrogen and oxygen atoms in total. The molecule has 2 aromatic carbocycles. The van der Waals surface area contributed by atoms with Gasteiger partial charge >= 0.3 is 0 Å². The molecule has 0 aliphatic carbocycles. The molecule has 0 N–H and O–H groups in total. The van der Waals surface area contributed by atoms with Crippen molar-refractivity contribution < 1.29 is 9.15 Å². The monoisotopic (exact) mass is 264 g/mol. The van der Waals surface area contributed by atoms with E-state index in [4.69, 9.17) is 9.15 Å². The number of methoxy groups -OCH3 is 1. The molecule has 0 amide bonds. The largest absolute Gasteiger partial charge is 0.497 e. The zero-order chi connectivity index (χ0) is 13.9. The molecule has 0 bridgehead atoms. The van der Waals surface area contributed by atoms with Crippen molar-refractivity contribution in [3.63, 3.8) is 0 Å². The van der Waals surface area contributed by atoms with Crippen LogP contribution in [0.4, 0.5) is 0 Å². The maximum atomic E-state index is 5.67. The Morgan fingerprint density at radius 2 is 1.45 bits per heavy atom. The molecule has 0 atom stereocenters. The molecule has 0 aliphatic rings. The minimum atomic E-state index is 0.857. The molecule has 1 aromatic heterocycles. The van der Waals surface area contributed by atoms with Crippen LogP contribution in [-0.4, -0.2) is 7.11 Å². The van der Waals surface area contributed by atoms with Crippen molar-refractivity contribution in [2.75, 3.05) is 7.11 Å². The van der Waals surface area contributed by atoms with Gasteiger partial charge in [0.2, 0.25) is 0 Å². The van der Waals surface area contributed by atoms with E-state index in [2.05, 4.69) is 37.3 Å². The first-order valence-corrected chi connectivity index (χ1v) is 6.56. The number of rotatable bonds is 3. The highest BCUT2D eigenvalue weighted by molar-refractivity contribution is 5.70. The maximum Gasteiger partial charge on any atom is 0.134 e. The number of furan rings is 1. The van der Waals surface area contributed by atoms with Crippen molar-refractivity contribution in [2.45, 2.75) is 6.92 Å². The van der Waals surface area contributed by atoms with Crippen LogP contribution in [0.5, 0.6) is 5.75 Å². The lowest BCUT2D eigenvalue weighted by atomic mass is 10.1. The fraction of sp³-hybridized carbons (Fsp3) is 0.111. The van der Waals surface area contributed by atoms with Crippen LogP contribution in [0.15, 0.2) is 65.3 Å². The normalized spacial score (nSPS) is 10.5. The molecule has 0 unspecified atom stereocenters. The molecule has 0 radical (unpaired) electrons. The van der Waals surface area contributed by atoms with Crippen LogP contribution in [0.25, 0.3) is 22.5 Å². The highest BCUT2D eigenvalue weighted by atomic mass is 16.5. The van der Waals surface area contributed by atoms with Gasteiger partial charge in [0.25, 0.3) is 0 Å². The zero-order valence-corrected chi connectivity index (χ0v) is 11.6. The standard InChI is InChI=1S/C18H16O2/c1-13-3-5-15(6-4-13)18-11-16(12-20-18)14-7-9-17(19-2)10-8-14/h3-12H,1-2H3. The van der Waals surface area contributed by atoms with Gasteiger partial charge in [-0.25, -0.2) is 0 Å². The molecule has 0 spiro atoms. The van der Waals surface area contributed by atoms with Crippen LogP contribution < -0.4 is 4.74 Å². The molecule has 1 heterocycles. The van der Waals surface area contributed by atoms with Crippen molar-refractivity contribution in [3.05, 3.63) is 66.4 Å². The predicted molar refractivity (Wildman–Crippen MR) is 80.9 cm³/mol. The van der Waals surface area contributed by atoms with Gasteiger partial charge in [0.05, 0.1) is 13.4 Å². The summed E-state index contributed by atoms with van der Waals surface area (Å²) < 4.78 is 10.8. The van der Waals surface area contributed by atoms with E-state index in [0.717, 1.165) is 28.2 Å². The molecule has 2 heteroatoms. The number of hydrogen-bond donors (Lipinski definition) is 0. The number of hydrogen-bond acceptors (Lipinski definition) is 2. The smallest absolute Gasteiger partial charge is 0.134 e. The van der Waals surface area contributed by atoms with Crippen LogP contribution in [-0.2, 0) is 0 Å². The Morgan fingerprint density at radius 1 is 0.800 bits per heavy atom. The zero-order valence-electron chi connectivity index (χ0n) is 11.6. The van der Waals surface area contributed by atoms with Crippen molar-refractivity contribution >= 4 is 0 Å². The quantitative estimate of drug-likeness (QED) is 0.669. The summed E-state index contributed by atoms with van der Waals surface area (Å²) in [7, 11) is 1.67. The molecule has 0 fully saturated rings.